The standard InChI is InChI=1S/C17H12N2O3/c20-16(12-7-1-2-8-13(12)17(21)22)19-14-9-3-5-11-6-4-10-18-15(11)14/h1-10H,(H,19,20)(H,21,22). The summed E-state index contributed by atoms with van der Waals surface area (Å²) in [5.41, 5.74) is 1.28. The zero-order valence-electron chi connectivity index (χ0n) is 11.5. The van der Waals surface area contributed by atoms with E-state index in [9.17, 15) is 9.59 Å². The second kappa shape index (κ2) is 5.65. The Morgan fingerprint density at radius 1 is 0.909 bits per heavy atom. The number of nitrogens with zero attached hydrogens (tertiary/aromatic N) is 1. The van der Waals surface area contributed by atoms with Crippen LogP contribution in [0.4, 0.5) is 5.69 Å². The average molecular weight is 292 g/mol. The van der Waals surface area contributed by atoms with Gasteiger partial charge in [0.25, 0.3) is 5.91 Å². The van der Waals surface area contributed by atoms with Gasteiger partial charge in [-0.15, -0.1) is 0 Å². The van der Waals surface area contributed by atoms with Crippen molar-refractivity contribution in [3.05, 3.63) is 71.9 Å². The lowest BCUT2D eigenvalue weighted by Crippen LogP contribution is -2.16. The fourth-order valence-electron chi connectivity index (χ4n) is 2.26. The molecule has 0 spiro atoms. The molecule has 5 heteroatoms. The van der Waals surface area contributed by atoms with Gasteiger partial charge in [-0.2, -0.15) is 0 Å². The minimum atomic E-state index is -1.14. The number of carbonyl (C=O) groups excluding carboxylic acids is 1. The van der Waals surface area contributed by atoms with Gasteiger partial charge in [0.05, 0.1) is 22.3 Å². The van der Waals surface area contributed by atoms with Crippen LogP contribution in [0.1, 0.15) is 20.7 Å². The fourth-order valence-corrected chi connectivity index (χ4v) is 2.26. The second-order valence-electron chi connectivity index (χ2n) is 4.69. The zero-order valence-corrected chi connectivity index (χ0v) is 11.5. The molecule has 108 valence electrons. The van der Waals surface area contributed by atoms with Crippen molar-refractivity contribution in [3.63, 3.8) is 0 Å². The van der Waals surface area contributed by atoms with Crippen molar-refractivity contribution in [2.75, 3.05) is 5.32 Å². The molecule has 0 saturated heterocycles. The number of carboxylic acids is 1. The number of rotatable bonds is 3. The van der Waals surface area contributed by atoms with Crippen molar-refractivity contribution < 1.29 is 14.7 Å². The minimum absolute atomic E-state index is 0.0341. The molecule has 3 rings (SSSR count). The summed E-state index contributed by atoms with van der Waals surface area (Å²) in [5, 5.41) is 12.8. The van der Waals surface area contributed by atoms with Crippen LogP contribution in [-0.4, -0.2) is 22.0 Å². The van der Waals surface area contributed by atoms with Crippen molar-refractivity contribution in [3.8, 4) is 0 Å². The second-order valence-corrected chi connectivity index (χ2v) is 4.69. The number of aromatic carboxylic acids is 1. The van der Waals surface area contributed by atoms with E-state index in [2.05, 4.69) is 10.3 Å². The number of nitrogens with one attached hydrogen (secondary N) is 1. The highest BCUT2D eigenvalue weighted by atomic mass is 16.4. The first-order valence-electron chi connectivity index (χ1n) is 6.64. The minimum Gasteiger partial charge on any atom is -0.478 e. The van der Waals surface area contributed by atoms with Crippen molar-refractivity contribution in [1.82, 2.24) is 4.98 Å². The molecule has 0 bridgehead atoms. The monoisotopic (exact) mass is 292 g/mol. The summed E-state index contributed by atoms with van der Waals surface area (Å²) in [6.07, 6.45) is 1.64. The largest absolute Gasteiger partial charge is 0.478 e. The zero-order chi connectivity index (χ0) is 15.5. The molecule has 5 nitrogen and oxygen atoms in total. The van der Waals surface area contributed by atoms with Crippen LogP contribution < -0.4 is 5.32 Å². The molecule has 0 saturated carbocycles. The lowest BCUT2D eigenvalue weighted by atomic mass is 10.1. The maximum atomic E-state index is 12.4. The molecule has 2 aromatic carbocycles. The number of benzene rings is 2. The van der Waals surface area contributed by atoms with Crippen LogP contribution in [-0.2, 0) is 0 Å². The maximum absolute atomic E-state index is 12.4. The van der Waals surface area contributed by atoms with Crippen molar-refractivity contribution in [2.45, 2.75) is 0 Å². The molecule has 0 aliphatic rings. The number of carbonyl (C=O) groups is 2. The number of aromatic nitrogens is 1. The van der Waals surface area contributed by atoms with Crippen LogP contribution in [0.3, 0.4) is 0 Å². The number of fused-ring (bicyclic) bond motifs is 1. The summed E-state index contributed by atoms with van der Waals surface area (Å²) in [5.74, 6) is -1.61. The lowest BCUT2D eigenvalue weighted by Gasteiger charge is -2.09. The highest BCUT2D eigenvalue weighted by molar-refractivity contribution is 6.12. The number of anilines is 1. The van der Waals surface area contributed by atoms with Gasteiger partial charge in [0.2, 0.25) is 0 Å². The van der Waals surface area contributed by atoms with E-state index in [0.717, 1.165) is 5.39 Å². The Morgan fingerprint density at radius 3 is 2.41 bits per heavy atom. The molecule has 0 aliphatic carbocycles. The van der Waals surface area contributed by atoms with Crippen molar-refractivity contribution >= 4 is 28.5 Å². The van der Waals surface area contributed by atoms with E-state index in [4.69, 9.17) is 5.11 Å². The van der Waals surface area contributed by atoms with Gasteiger partial charge >= 0.3 is 5.97 Å². The first-order chi connectivity index (χ1) is 10.7. The molecule has 0 unspecified atom stereocenters. The van der Waals surface area contributed by atoms with Crippen LogP contribution in [0, 0.1) is 0 Å². The van der Waals surface area contributed by atoms with Crippen LogP contribution in [0.5, 0.6) is 0 Å². The van der Waals surface area contributed by atoms with E-state index in [-0.39, 0.29) is 11.1 Å². The van der Waals surface area contributed by atoms with Crippen LogP contribution in [0.25, 0.3) is 10.9 Å². The number of hydrogen-bond acceptors (Lipinski definition) is 3. The molecule has 1 heterocycles. The molecule has 1 amide bonds. The van der Waals surface area contributed by atoms with Crippen LogP contribution in [0.2, 0.25) is 0 Å². The van der Waals surface area contributed by atoms with Gasteiger partial charge in [-0.05, 0) is 24.3 Å². The number of hydrogen-bond donors (Lipinski definition) is 2. The molecule has 2 N–H and O–H groups in total. The number of amides is 1. The summed E-state index contributed by atoms with van der Waals surface area (Å²) < 4.78 is 0. The predicted octanol–water partition coefficient (Wildman–Crippen LogP) is 3.19. The first kappa shape index (κ1) is 13.8. The van der Waals surface area contributed by atoms with E-state index in [1.165, 1.54) is 12.1 Å². The highest BCUT2D eigenvalue weighted by Crippen LogP contribution is 2.21. The molecule has 0 radical (unpaired) electrons. The topological polar surface area (TPSA) is 79.3 Å². The van der Waals surface area contributed by atoms with Gasteiger partial charge in [-0.3, -0.25) is 9.78 Å². The van der Waals surface area contributed by atoms with E-state index < -0.39 is 11.9 Å². The van der Waals surface area contributed by atoms with Gasteiger partial charge < -0.3 is 10.4 Å². The third-order valence-corrected chi connectivity index (χ3v) is 3.28. The summed E-state index contributed by atoms with van der Waals surface area (Å²) >= 11 is 0. The number of pyridine rings is 1. The Balaban J connectivity index is 1.99. The Morgan fingerprint density at radius 2 is 1.64 bits per heavy atom. The smallest absolute Gasteiger partial charge is 0.336 e. The SMILES string of the molecule is O=C(O)c1ccccc1C(=O)Nc1cccc2cccnc12. The lowest BCUT2D eigenvalue weighted by molar-refractivity contribution is 0.0692. The summed E-state index contributed by atoms with van der Waals surface area (Å²) in [7, 11) is 0. The van der Waals surface area contributed by atoms with Crippen molar-refractivity contribution in [2.24, 2.45) is 0 Å². The van der Waals surface area contributed by atoms with Gasteiger partial charge in [-0.1, -0.05) is 30.3 Å². The average Bonchev–Trinajstić information content (AvgIpc) is 2.55. The number of para-hydroxylation sites is 1. The van der Waals surface area contributed by atoms with E-state index in [1.54, 1.807) is 24.4 Å². The molecule has 3 aromatic rings. The molecule has 22 heavy (non-hydrogen) atoms. The molecule has 0 atom stereocenters. The summed E-state index contributed by atoms with van der Waals surface area (Å²) in [4.78, 5) is 27.8. The number of carboxylic acid groups (broad SMARTS) is 1. The molecule has 0 fully saturated rings. The Hall–Kier alpha value is -3.21. The van der Waals surface area contributed by atoms with E-state index in [1.807, 2.05) is 24.3 Å². The first-order valence-corrected chi connectivity index (χ1v) is 6.64. The van der Waals surface area contributed by atoms with E-state index in [0.29, 0.717) is 11.2 Å². The van der Waals surface area contributed by atoms with Crippen LogP contribution >= 0.6 is 0 Å². The normalized spacial score (nSPS) is 10.4. The predicted molar refractivity (Wildman–Crippen MR) is 83.1 cm³/mol. The van der Waals surface area contributed by atoms with Gasteiger partial charge in [0.1, 0.15) is 0 Å². The Bertz CT molecular complexity index is 869. The summed E-state index contributed by atoms with van der Waals surface area (Å²) in [6, 6.07) is 15.2. The van der Waals surface area contributed by atoms with Gasteiger partial charge in [0.15, 0.2) is 0 Å². The van der Waals surface area contributed by atoms with E-state index >= 15 is 0 Å². The summed E-state index contributed by atoms with van der Waals surface area (Å²) in [6.45, 7) is 0. The van der Waals surface area contributed by atoms with Gasteiger partial charge in [0, 0.05) is 11.6 Å². The Labute approximate surface area is 126 Å². The molecule has 0 aliphatic heterocycles. The van der Waals surface area contributed by atoms with Crippen molar-refractivity contribution in [1.29, 1.82) is 0 Å². The molecular weight excluding hydrogens is 280 g/mol. The quantitative estimate of drug-likeness (QED) is 0.777. The molecule has 1 aromatic heterocycles. The highest BCUT2D eigenvalue weighted by Gasteiger charge is 2.16. The molecular formula is C17H12N2O3. The van der Waals surface area contributed by atoms with Crippen LogP contribution in [0.15, 0.2) is 60.8 Å². The third-order valence-electron chi connectivity index (χ3n) is 3.28. The Kier molecular flexibility index (Phi) is 3.53. The fraction of sp³-hybridized carbons (Fsp3) is 0. The van der Waals surface area contributed by atoms with Gasteiger partial charge in [-0.25, -0.2) is 4.79 Å². The third kappa shape index (κ3) is 2.52. The maximum Gasteiger partial charge on any atom is 0.336 e.